The van der Waals surface area contributed by atoms with Crippen molar-refractivity contribution in [2.24, 2.45) is 0 Å². The maximum atomic E-state index is 10.9. The van der Waals surface area contributed by atoms with Gasteiger partial charge in [0.2, 0.25) is 0 Å². The number of fused-ring (bicyclic) bond motifs is 3. The Morgan fingerprint density at radius 2 is 2.32 bits per heavy atom. The van der Waals surface area contributed by atoms with Crippen LogP contribution >= 0.6 is 0 Å². The Hall–Kier alpha value is -2.67. The smallest absolute Gasteiger partial charge is 0.271 e. The Morgan fingerprint density at radius 3 is 3.09 bits per heavy atom. The Balaban J connectivity index is 1.64. The molecule has 0 radical (unpaired) electrons. The normalized spacial score (nSPS) is 17.5. The lowest BCUT2D eigenvalue weighted by Gasteiger charge is -2.24. The molecule has 0 fully saturated rings. The second-order valence-corrected chi connectivity index (χ2v) is 5.54. The van der Waals surface area contributed by atoms with Crippen LogP contribution < -0.4 is 4.90 Å². The van der Waals surface area contributed by atoms with E-state index in [1.165, 1.54) is 4.90 Å². The van der Waals surface area contributed by atoms with Gasteiger partial charge in [-0.25, -0.2) is 4.98 Å². The molecule has 4 rings (SSSR count). The van der Waals surface area contributed by atoms with E-state index in [1.54, 1.807) is 24.5 Å². The first-order valence-corrected chi connectivity index (χ1v) is 7.20. The lowest BCUT2D eigenvalue weighted by atomic mass is 10.2. The van der Waals surface area contributed by atoms with Crippen molar-refractivity contribution in [2.45, 2.75) is 19.6 Å². The van der Waals surface area contributed by atoms with Crippen LogP contribution in [0.1, 0.15) is 11.6 Å². The molecule has 1 unspecified atom stereocenters. The van der Waals surface area contributed by atoms with Crippen LogP contribution in [0.5, 0.6) is 0 Å². The maximum Gasteiger partial charge on any atom is 0.271 e. The first kappa shape index (κ1) is 13.0. The molecule has 3 heterocycles. The Kier molecular flexibility index (Phi) is 2.93. The molecule has 3 aromatic rings. The van der Waals surface area contributed by atoms with Crippen LogP contribution in [0.3, 0.4) is 0 Å². The third-order valence-electron chi connectivity index (χ3n) is 4.12. The van der Waals surface area contributed by atoms with Crippen molar-refractivity contribution < 1.29 is 14.2 Å². The fourth-order valence-electron chi connectivity index (χ4n) is 3.06. The topological polar surface area (TPSA) is 78.5 Å². The number of hydrogen-bond donors (Lipinski definition) is 1. The minimum absolute atomic E-state index is 0.0859. The third-order valence-corrected chi connectivity index (χ3v) is 4.12. The van der Waals surface area contributed by atoms with Gasteiger partial charge < -0.3 is 13.9 Å². The molecule has 22 heavy (non-hydrogen) atoms. The summed E-state index contributed by atoms with van der Waals surface area (Å²) < 4.78 is 7.56. The highest BCUT2D eigenvalue weighted by molar-refractivity contribution is 5.78. The van der Waals surface area contributed by atoms with Gasteiger partial charge in [-0.3, -0.25) is 10.1 Å². The van der Waals surface area contributed by atoms with Crippen molar-refractivity contribution in [1.82, 2.24) is 9.55 Å². The molecule has 0 saturated carbocycles. The summed E-state index contributed by atoms with van der Waals surface area (Å²) in [5, 5.41) is 10.9. The third kappa shape index (κ3) is 2.15. The number of furan rings is 1. The van der Waals surface area contributed by atoms with E-state index in [-0.39, 0.29) is 10.6 Å². The van der Waals surface area contributed by atoms with Crippen LogP contribution in [-0.2, 0) is 19.6 Å². The molecule has 7 heteroatoms. The van der Waals surface area contributed by atoms with Crippen LogP contribution in [0.15, 0.2) is 41.0 Å². The van der Waals surface area contributed by atoms with Crippen LogP contribution in [-0.4, -0.2) is 21.0 Å². The van der Waals surface area contributed by atoms with E-state index in [2.05, 4.69) is 9.55 Å². The number of nitro groups is 1. The fourth-order valence-corrected chi connectivity index (χ4v) is 3.06. The quantitative estimate of drug-likeness (QED) is 0.581. The second kappa shape index (κ2) is 4.96. The van der Waals surface area contributed by atoms with E-state index in [1.807, 2.05) is 12.1 Å². The summed E-state index contributed by atoms with van der Waals surface area (Å²) in [7, 11) is 0. The summed E-state index contributed by atoms with van der Waals surface area (Å²) in [6.07, 6.45) is 1.69. The SMILES string of the molecule is O=[N+]([O-])c1ccc2c(c1)nc1n2CC[NH+](Cc2ccco2)C1. The van der Waals surface area contributed by atoms with Crippen molar-refractivity contribution in [3.63, 3.8) is 0 Å². The Labute approximate surface area is 125 Å². The number of hydrogen-bond acceptors (Lipinski definition) is 4. The van der Waals surface area contributed by atoms with Crippen molar-refractivity contribution in [1.29, 1.82) is 0 Å². The fraction of sp³-hybridized carbons (Fsp3) is 0.267. The van der Waals surface area contributed by atoms with Gasteiger partial charge in [0.1, 0.15) is 13.1 Å². The molecule has 1 aromatic carbocycles. The van der Waals surface area contributed by atoms with Gasteiger partial charge in [-0.05, 0) is 18.2 Å². The first-order chi connectivity index (χ1) is 10.7. The predicted octanol–water partition coefficient (Wildman–Crippen LogP) is 1.14. The van der Waals surface area contributed by atoms with Crippen molar-refractivity contribution >= 4 is 16.7 Å². The molecular weight excluding hydrogens is 284 g/mol. The van der Waals surface area contributed by atoms with Crippen molar-refractivity contribution in [3.05, 3.63) is 58.3 Å². The van der Waals surface area contributed by atoms with E-state index in [9.17, 15) is 10.1 Å². The molecule has 0 saturated heterocycles. The van der Waals surface area contributed by atoms with E-state index >= 15 is 0 Å². The van der Waals surface area contributed by atoms with Crippen molar-refractivity contribution in [3.8, 4) is 0 Å². The number of nitrogens with one attached hydrogen (secondary N) is 1. The van der Waals surface area contributed by atoms with Crippen LogP contribution in [0.4, 0.5) is 5.69 Å². The van der Waals surface area contributed by atoms with E-state index in [4.69, 9.17) is 4.42 Å². The van der Waals surface area contributed by atoms with Crippen LogP contribution in [0, 0.1) is 10.1 Å². The van der Waals surface area contributed by atoms with Crippen molar-refractivity contribution in [2.75, 3.05) is 6.54 Å². The number of benzene rings is 1. The zero-order valence-electron chi connectivity index (χ0n) is 11.9. The van der Waals surface area contributed by atoms with E-state index < -0.39 is 0 Å². The number of aromatic nitrogens is 2. The van der Waals surface area contributed by atoms with Gasteiger partial charge in [-0.1, -0.05) is 0 Å². The van der Waals surface area contributed by atoms with Gasteiger partial charge in [0, 0.05) is 12.1 Å². The van der Waals surface area contributed by atoms with E-state index in [0.717, 1.165) is 43.3 Å². The highest BCUT2D eigenvalue weighted by atomic mass is 16.6. The summed E-state index contributed by atoms with van der Waals surface area (Å²) in [4.78, 5) is 16.5. The van der Waals surface area contributed by atoms with Gasteiger partial charge in [-0.2, -0.15) is 0 Å². The summed E-state index contributed by atoms with van der Waals surface area (Å²) in [6, 6.07) is 8.76. The summed E-state index contributed by atoms with van der Waals surface area (Å²) in [5.41, 5.74) is 1.75. The molecular formula is C15H15N4O3+. The van der Waals surface area contributed by atoms with Gasteiger partial charge in [0.25, 0.3) is 5.69 Å². The second-order valence-electron chi connectivity index (χ2n) is 5.54. The Morgan fingerprint density at radius 1 is 1.41 bits per heavy atom. The highest BCUT2D eigenvalue weighted by Crippen LogP contribution is 2.22. The minimum Gasteiger partial charge on any atom is -0.463 e. The first-order valence-electron chi connectivity index (χ1n) is 7.20. The summed E-state index contributed by atoms with van der Waals surface area (Å²) >= 11 is 0. The zero-order chi connectivity index (χ0) is 15.1. The maximum absolute atomic E-state index is 10.9. The number of rotatable bonds is 3. The highest BCUT2D eigenvalue weighted by Gasteiger charge is 2.24. The minimum atomic E-state index is -0.383. The molecule has 1 aliphatic rings. The van der Waals surface area contributed by atoms with E-state index in [0.29, 0.717) is 5.52 Å². The van der Waals surface area contributed by atoms with Gasteiger partial charge in [-0.15, -0.1) is 0 Å². The monoisotopic (exact) mass is 299 g/mol. The lowest BCUT2D eigenvalue weighted by molar-refractivity contribution is -0.932. The number of imidazole rings is 1. The number of nitrogens with zero attached hydrogens (tertiary/aromatic N) is 3. The molecule has 1 aliphatic heterocycles. The van der Waals surface area contributed by atoms with Gasteiger partial charge in [0.15, 0.2) is 11.6 Å². The molecule has 112 valence electrons. The predicted molar refractivity (Wildman–Crippen MR) is 78.3 cm³/mol. The number of quaternary nitrogens is 1. The summed E-state index contributed by atoms with van der Waals surface area (Å²) in [6.45, 7) is 3.47. The molecule has 0 amide bonds. The standard InChI is InChI=1S/C15H14N4O3/c20-19(21)11-3-4-14-13(8-11)16-15-10-17(5-6-18(14)15)9-12-2-1-7-22-12/h1-4,7-8H,5-6,9-10H2/p+1. The Bertz CT molecular complexity index is 838. The van der Waals surface area contributed by atoms with Crippen LogP contribution in [0.2, 0.25) is 0 Å². The molecule has 0 bridgehead atoms. The molecule has 0 spiro atoms. The zero-order valence-corrected chi connectivity index (χ0v) is 11.9. The molecule has 1 atom stereocenters. The number of nitro benzene ring substituents is 1. The average Bonchev–Trinajstić information content (AvgIpc) is 3.13. The number of non-ortho nitro benzene ring substituents is 1. The van der Waals surface area contributed by atoms with Crippen LogP contribution in [0.25, 0.3) is 11.0 Å². The lowest BCUT2D eigenvalue weighted by Crippen LogP contribution is -3.10. The molecule has 7 nitrogen and oxygen atoms in total. The van der Waals surface area contributed by atoms with Gasteiger partial charge >= 0.3 is 0 Å². The molecule has 0 aliphatic carbocycles. The summed E-state index contributed by atoms with van der Waals surface area (Å²) in [5.74, 6) is 1.94. The van der Waals surface area contributed by atoms with Gasteiger partial charge in [0.05, 0.1) is 35.3 Å². The molecule has 1 N–H and O–H groups in total. The molecule has 2 aromatic heterocycles. The largest absolute Gasteiger partial charge is 0.463 e. The average molecular weight is 299 g/mol.